The summed E-state index contributed by atoms with van der Waals surface area (Å²) in [5, 5.41) is 157. The summed E-state index contributed by atoms with van der Waals surface area (Å²) in [4.78, 5) is 279. The molecule has 0 aliphatic rings. The molecule has 724 valence electrons. The van der Waals surface area contributed by atoms with Gasteiger partial charge in [-0.25, -0.2) is 4.79 Å². The number of nitrogens with two attached hydrogens (primary N) is 4. The Hall–Kier alpha value is -12.8. The quantitative estimate of drug-likeness (QED) is 0.0125. The van der Waals surface area contributed by atoms with E-state index < -0.39 is 341 Å². The van der Waals surface area contributed by atoms with Gasteiger partial charge >= 0.3 is 11.9 Å². The number of guanidine groups is 1. The first-order valence-corrected chi connectivity index (χ1v) is 40.4. The average Bonchev–Trinajstić information content (AvgIpc) is 1.72. The van der Waals surface area contributed by atoms with Crippen LogP contribution in [0.15, 0.2) is 24.3 Å². The van der Waals surface area contributed by atoms with Crippen LogP contribution in [0.25, 0.3) is 0 Å². The molecule has 0 fully saturated rings. The van der Waals surface area contributed by atoms with E-state index >= 15 is 0 Å². The number of aliphatic hydroxyl groups is 8. The predicted octanol–water partition coefficient (Wildman–Crippen LogP) is -17.7. The number of primary amides is 2. The number of hydrogen-bond acceptors (Lipinski definition) is 33. The average molecular weight is 1860 g/mol. The fourth-order valence-electron chi connectivity index (χ4n) is 11.2. The molecule has 0 radical (unpaired) electrons. The Balaban J connectivity index is 3.41. The van der Waals surface area contributed by atoms with E-state index in [2.05, 4.69) is 81.7 Å². The second kappa shape index (κ2) is 57.8. The van der Waals surface area contributed by atoms with Crippen LogP contribution in [0.2, 0.25) is 0 Å². The van der Waals surface area contributed by atoms with Crippen molar-refractivity contribution in [1.82, 2.24) is 95.7 Å². The number of amides is 19. The van der Waals surface area contributed by atoms with Gasteiger partial charge in [0.25, 0.3) is 0 Å². The molecular formula is C73H119N23O32S. The molecule has 0 saturated heterocycles. The van der Waals surface area contributed by atoms with E-state index in [-0.39, 0.29) is 37.1 Å². The van der Waals surface area contributed by atoms with Crippen LogP contribution in [0.3, 0.4) is 0 Å². The molecule has 0 aromatic heterocycles. The van der Waals surface area contributed by atoms with E-state index in [1.165, 1.54) is 53.7 Å². The first-order chi connectivity index (χ1) is 60.4. The van der Waals surface area contributed by atoms with E-state index in [1.54, 1.807) is 0 Å². The number of aromatic hydroxyl groups is 1. The summed E-state index contributed by atoms with van der Waals surface area (Å²) in [6.07, 6.45) is -5.78. The minimum atomic E-state index is -2.12. The van der Waals surface area contributed by atoms with Crippen molar-refractivity contribution in [3.8, 4) is 5.75 Å². The van der Waals surface area contributed by atoms with Crippen LogP contribution in [-0.4, -0.2) is 360 Å². The smallest absolute Gasteiger partial charge is 0.326 e. The first kappa shape index (κ1) is 114. The summed E-state index contributed by atoms with van der Waals surface area (Å²) in [6.45, 7) is 0.237. The van der Waals surface area contributed by atoms with Gasteiger partial charge in [-0.05, 0) is 55.2 Å². The van der Waals surface area contributed by atoms with Gasteiger partial charge in [0.15, 0.2) is 5.96 Å². The molecule has 0 unspecified atom stereocenters. The summed E-state index contributed by atoms with van der Waals surface area (Å²) in [7, 11) is 0. The first-order valence-electron chi connectivity index (χ1n) is 39.7. The molecule has 55 nitrogen and oxygen atoms in total. The molecule has 129 heavy (non-hydrogen) atoms. The molecule has 1 aromatic rings. The Morgan fingerprint density at radius 3 is 1.09 bits per heavy atom. The van der Waals surface area contributed by atoms with E-state index in [0.29, 0.717) is 0 Å². The lowest BCUT2D eigenvalue weighted by molar-refractivity contribution is -0.147. The van der Waals surface area contributed by atoms with Crippen LogP contribution in [0, 0.1) is 23.2 Å². The van der Waals surface area contributed by atoms with Gasteiger partial charge in [0.05, 0.1) is 78.2 Å². The highest BCUT2D eigenvalue weighted by Gasteiger charge is 2.41. The van der Waals surface area contributed by atoms with E-state index in [1.807, 2.05) is 26.6 Å². The van der Waals surface area contributed by atoms with Gasteiger partial charge in [0, 0.05) is 18.7 Å². The van der Waals surface area contributed by atoms with Crippen molar-refractivity contribution in [2.45, 2.75) is 202 Å². The number of phenolic OH excluding ortho intramolecular Hbond substituents is 1. The predicted molar refractivity (Wildman–Crippen MR) is 445 cm³/mol. The summed E-state index contributed by atoms with van der Waals surface area (Å²) in [5.74, 6) is -31.1. The Morgan fingerprint density at radius 1 is 0.380 bits per heavy atom. The molecule has 0 aliphatic carbocycles. The maximum absolute atomic E-state index is 14.3. The van der Waals surface area contributed by atoms with Gasteiger partial charge in [-0.1, -0.05) is 60.1 Å². The van der Waals surface area contributed by atoms with Crippen LogP contribution in [0.4, 0.5) is 0 Å². The number of carbonyl (C=O) groups is 21. The number of nitrogens with one attached hydrogen (secondary N) is 19. The van der Waals surface area contributed by atoms with Crippen molar-refractivity contribution < 1.29 is 157 Å². The van der Waals surface area contributed by atoms with Crippen LogP contribution >= 0.6 is 12.6 Å². The van der Waals surface area contributed by atoms with Crippen molar-refractivity contribution >= 4 is 143 Å². The molecule has 19 atom stereocenters. The number of aliphatic carboxylic acids is 2. The molecule has 19 amide bonds. The number of carboxylic acid groups (broad SMARTS) is 2. The van der Waals surface area contributed by atoms with Gasteiger partial charge in [0.2, 0.25) is 112 Å². The third-order valence-electron chi connectivity index (χ3n) is 18.7. The maximum Gasteiger partial charge on any atom is 0.326 e. The molecule has 56 heteroatoms. The molecule has 0 aliphatic heterocycles. The summed E-state index contributed by atoms with van der Waals surface area (Å²) < 4.78 is 0. The van der Waals surface area contributed by atoms with Gasteiger partial charge in [-0.3, -0.25) is 101 Å². The number of carbonyl (C=O) groups excluding carboxylic acids is 19. The fraction of sp³-hybridized carbons (Fsp3) is 0.616. The SMILES string of the molecule is CC[C@H](C)[C@H](NC(=O)[C@H](CO)NC(=O)[C@H](CC(N)=O)NC(=O)[C@H](Cc1ccc(O)cc1)NC(=O)[C@H](CO)NC(=O)[C@@H](NC(=O)CNC(=O)[C@H](CO)NC(=O)[C@H](CC(N)=O)NC(=O)[C@H](CS)NC(=O)[C@@H](N)CO)[C@@H](C)O)C(=O)N[C@@H](CO)C(=O)N[C@@H](CO)C(=O)N[C@H](C(=O)N[C@H](C(=O)N[C@@H](CO)C(=O)N[C@@H](CCCNC(=N)N)C(=O)N[C@@H](CC(=O)O)C(=O)O)C(C)C)C(C)C. The Kier molecular flexibility index (Phi) is 51.1. The molecule has 1 aromatic carbocycles. The zero-order valence-electron chi connectivity index (χ0n) is 71.2. The number of carboxylic acids is 2. The lowest BCUT2D eigenvalue weighted by atomic mass is 9.97. The van der Waals surface area contributed by atoms with Crippen molar-refractivity contribution in [2.75, 3.05) is 65.1 Å². The van der Waals surface area contributed by atoms with Crippen LogP contribution in [0.1, 0.15) is 92.6 Å². The number of benzene rings is 1. The monoisotopic (exact) mass is 1860 g/mol. The van der Waals surface area contributed by atoms with Gasteiger partial charge < -0.3 is 175 Å². The molecule has 38 N–H and O–H groups in total. The third kappa shape index (κ3) is 40.3. The highest BCUT2D eigenvalue weighted by Crippen LogP contribution is 2.15. The minimum Gasteiger partial charge on any atom is -0.508 e. The standard InChI is InChI=1S/C73H119N23O32S/c1-8-31(6)54(70(125)90-44(25-101)64(119)88-45(26-102)65(120)94-53(30(4)5)69(124)95-52(29(2)3)68(123)89-42(23-99)62(117)81-36(10-9-15-79-73(77)78)58(113)85-40(72(127)128)19-51(109)110)96-66(121)46(27-103)87-61(116)38(17-48(75)106)83-59(114)37(16-33-11-13-34(105)14-12-33)82-63(118)43(24-100)91-71(126)55(32(7)104)93-50(108)20-80-57(112)41(22-98)86-60(115)39(18-49(76)107)84-67(122)47(28-129)92-56(111)35(74)21-97/h11-14,29-32,35-47,52-55,97-105,129H,8-10,15-28,74H2,1-7H3,(H2,75,106)(H2,76,107)(H,80,112)(H,81,117)(H,82,118)(H,83,114)(H,84,122)(H,85,113)(H,86,115)(H,87,116)(H,88,119)(H,89,123)(H,90,125)(H,91,126)(H,92,111)(H,93,108)(H,94,120)(H,95,124)(H,96,121)(H,109,110)(H,127,128)(H4,77,78,79)/t31-,32+,35-,36-,37-,38-,39-,40-,41-,42-,43-,44-,45-,46-,47-,52-,53-,54-,55-/m0/s1. The van der Waals surface area contributed by atoms with Gasteiger partial charge in [-0.2, -0.15) is 12.6 Å². The highest BCUT2D eigenvalue weighted by atomic mass is 32.1. The van der Waals surface area contributed by atoms with Crippen molar-refractivity contribution in [3.63, 3.8) is 0 Å². The number of hydrogen-bond donors (Lipinski definition) is 35. The van der Waals surface area contributed by atoms with E-state index in [0.717, 1.165) is 19.1 Å². The van der Waals surface area contributed by atoms with Crippen molar-refractivity contribution in [1.29, 1.82) is 5.41 Å². The summed E-state index contributed by atoms with van der Waals surface area (Å²) in [6, 6.07) is -26.7. The normalized spacial score (nSPS) is 15.5. The molecule has 1 rings (SSSR count). The lowest BCUT2D eigenvalue weighted by Crippen LogP contribution is -2.63. The maximum atomic E-state index is 14.3. The third-order valence-corrected chi connectivity index (χ3v) is 19.1. The second-order valence-corrected chi connectivity index (χ2v) is 30.1. The lowest BCUT2D eigenvalue weighted by Gasteiger charge is -2.30. The van der Waals surface area contributed by atoms with E-state index in [4.69, 9.17) is 33.5 Å². The topological polar surface area (TPSA) is 925 Å². The van der Waals surface area contributed by atoms with Crippen LogP contribution in [0.5, 0.6) is 5.75 Å². The zero-order valence-corrected chi connectivity index (χ0v) is 72.1. The van der Waals surface area contributed by atoms with Gasteiger partial charge in [0.1, 0.15) is 108 Å². The molecule has 0 saturated carbocycles. The number of rotatable bonds is 60. The largest absolute Gasteiger partial charge is 0.508 e. The second-order valence-electron chi connectivity index (χ2n) is 29.8. The van der Waals surface area contributed by atoms with Crippen LogP contribution in [-0.2, 0) is 107 Å². The zero-order chi connectivity index (χ0) is 98.6. The van der Waals surface area contributed by atoms with Gasteiger partial charge in [-0.15, -0.1) is 0 Å². The molecule has 0 spiro atoms. The number of thiol groups is 1. The van der Waals surface area contributed by atoms with E-state index in [9.17, 15) is 152 Å². The molecular weight excluding hydrogens is 1740 g/mol. The molecule has 0 bridgehead atoms. The highest BCUT2D eigenvalue weighted by molar-refractivity contribution is 7.80. The Labute approximate surface area is 741 Å². The minimum absolute atomic E-state index is 0.0188. The summed E-state index contributed by atoms with van der Waals surface area (Å²) in [5.41, 5.74) is 21.6. The number of phenols is 1. The van der Waals surface area contributed by atoms with Crippen LogP contribution < -0.4 is 119 Å². The summed E-state index contributed by atoms with van der Waals surface area (Å²) >= 11 is 3.95. The number of aliphatic hydroxyl groups excluding tert-OH is 8. The van der Waals surface area contributed by atoms with Crippen molar-refractivity contribution in [3.05, 3.63) is 29.8 Å². The van der Waals surface area contributed by atoms with Crippen molar-refractivity contribution in [2.24, 2.45) is 40.7 Å². The molecule has 0 heterocycles. The Bertz CT molecular complexity index is 4080. The fourth-order valence-corrected chi connectivity index (χ4v) is 11.5. The Morgan fingerprint density at radius 2 is 0.705 bits per heavy atom.